The fourth-order valence-electron chi connectivity index (χ4n) is 0.943. The highest BCUT2D eigenvalue weighted by Gasteiger charge is 2.21. The van der Waals surface area contributed by atoms with Crippen LogP contribution in [0.4, 0.5) is 8.78 Å². The van der Waals surface area contributed by atoms with E-state index >= 15 is 0 Å². The van der Waals surface area contributed by atoms with Crippen molar-refractivity contribution in [1.29, 1.82) is 0 Å². The van der Waals surface area contributed by atoms with Gasteiger partial charge in [-0.25, -0.2) is 8.78 Å². The van der Waals surface area contributed by atoms with E-state index < -0.39 is 18.8 Å². The van der Waals surface area contributed by atoms with Crippen molar-refractivity contribution in [2.75, 3.05) is 0 Å². The molecule has 2 N–H and O–H groups in total. The van der Waals surface area contributed by atoms with E-state index in [9.17, 15) is 8.78 Å². The van der Waals surface area contributed by atoms with E-state index in [1.54, 1.807) is 0 Å². The highest BCUT2D eigenvalue weighted by molar-refractivity contribution is 9.10. The Labute approximate surface area is 82.5 Å². The maximum absolute atomic E-state index is 13.1. The zero-order valence-corrected chi connectivity index (χ0v) is 8.27. The molecule has 70 valence electrons. The van der Waals surface area contributed by atoms with Gasteiger partial charge in [0, 0.05) is 11.0 Å². The summed E-state index contributed by atoms with van der Waals surface area (Å²) in [7, 11) is -1.93. The van der Waals surface area contributed by atoms with Crippen molar-refractivity contribution < 1.29 is 18.8 Å². The van der Waals surface area contributed by atoms with E-state index in [0.717, 1.165) is 6.07 Å². The van der Waals surface area contributed by atoms with Gasteiger partial charge in [0.2, 0.25) is 0 Å². The van der Waals surface area contributed by atoms with E-state index in [2.05, 4.69) is 15.9 Å². The minimum atomic E-state index is -1.93. The zero-order chi connectivity index (χ0) is 10.2. The van der Waals surface area contributed by atoms with Crippen molar-refractivity contribution in [3.05, 3.63) is 27.7 Å². The molecule has 0 aliphatic carbocycles. The Bertz CT molecular complexity index is 344. The SMILES string of the molecule is Cc1c(F)c(Br)cc(B(O)O)c1F. The number of hydrogen-bond acceptors (Lipinski definition) is 2. The number of rotatable bonds is 1. The normalized spacial score (nSPS) is 10.3. The lowest BCUT2D eigenvalue weighted by atomic mass is 9.79. The molecule has 0 spiro atoms. The Morgan fingerprint density at radius 3 is 2.31 bits per heavy atom. The molecule has 2 nitrogen and oxygen atoms in total. The van der Waals surface area contributed by atoms with Crippen LogP contribution in [0.5, 0.6) is 0 Å². The summed E-state index contributed by atoms with van der Waals surface area (Å²) in [6.45, 7) is 1.22. The standard InChI is InChI=1S/C7H6BBrF2O2/c1-3-6(10)4(8(12)13)2-5(9)7(3)11/h2,12-13H,1H3. The molecule has 0 fully saturated rings. The maximum atomic E-state index is 13.1. The summed E-state index contributed by atoms with van der Waals surface area (Å²) >= 11 is 2.84. The van der Waals surface area contributed by atoms with Crippen LogP contribution in [-0.2, 0) is 0 Å². The monoisotopic (exact) mass is 250 g/mol. The van der Waals surface area contributed by atoms with Gasteiger partial charge in [0.15, 0.2) is 0 Å². The van der Waals surface area contributed by atoms with Crippen LogP contribution in [0.25, 0.3) is 0 Å². The molecule has 1 rings (SSSR count). The van der Waals surface area contributed by atoms with Crippen molar-refractivity contribution in [2.45, 2.75) is 6.92 Å². The Balaban J connectivity index is 3.41. The molecule has 0 atom stereocenters. The van der Waals surface area contributed by atoms with Crippen molar-refractivity contribution in [3.63, 3.8) is 0 Å². The van der Waals surface area contributed by atoms with Gasteiger partial charge < -0.3 is 10.0 Å². The minimum Gasteiger partial charge on any atom is -0.423 e. The van der Waals surface area contributed by atoms with Gasteiger partial charge in [-0.2, -0.15) is 0 Å². The van der Waals surface area contributed by atoms with Gasteiger partial charge in [-0.15, -0.1) is 0 Å². The number of hydrogen-bond donors (Lipinski definition) is 2. The first kappa shape index (κ1) is 10.6. The molecule has 6 heteroatoms. The molecular formula is C7H6BBrF2O2. The first-order valence-corrected chi connectivity index (χ1v) is 4.24. The Morgan fingerprint density at radius 1 is 1.31 bits per heavy atom. The molecule has 0 unspecified atom stereocenters. The molecule has 0 aliphatic rings. The average molecular weight is 251 g/mol. The summed E-state index contributed by atoms with van der Waals surface area (Å²) in [6, 6.07) is 1.00. The fourth-order valence-corrected chi connectivity index (χ4v) is 1.49. The van der Waals surface area contributed by atoms with E-state index in [4.69, 9.17) is 10.0 Å². The van der Waals surface area contributed by atoms with Crippen LogP contribution >= 0.6 is 15.9 Å². The molecule has 0 saturated heterocycles. The topological polar surface area (TPSA) is 40.5 Å². The lowest BCUT2D eigenvalue weighted by Crippen LogP contribution is -2.33. The summed E-state index contributed by atoms with van der Waals surface area (Å²) in [5.41, 5.74) is -0.580. The lowest BCUT2D eigenvalue weighted by molar-refractivity contribution is 0.422. The second-order valence-electron chi connectivity index (χ2n) is 2.57. The molecule has 0 aromatic heterocycles. The summed E-state index contributed by atoms with van der Waals surface area (Å²) in [5, 5.41) is 17.4. The molecule has 0 aliphatic heterocycles. The number of halogens is 3. The number of benzene rings is 1. The van der Waals surface area contributed by atoms with Gasteiger partial charge in [-0.3, -0.25) is 0 Å². The van der Waals surface area contributed by atoms with E-state index in [1.807, 2.05) is 0 Å². The summed E-state index contributed by atoms with van der Waals surface area (Å²) < 4.78 is 26.1. The Hall–Kier alpha value is -0.455. The molecule has 0 bridgehead atoms. The van der Waals surface area contributed by atoms with Crippen molar-refractivity contribution in [3.8, 4) is 0 Å². The summed E-state index contributed by atoms with van der Waals surface area (Å²) in [4.78, 5) is 0. The third-order valence-corrected chi connectivity index (χ3v) is 2.26. The largest absolute Gasteiger partial charge is 0.491 e. The average Bonchev–Trinajstić information content (AvgIpc) is 2.07. The predicted molar refractivity (Wildman–Crippen MR) is 48.6 cm³/mol. The van der Waals surface area contributed by atoms with Gasteiger partial charge in [-0.05, 0) is 28.9 Å². The molecule has 0 amide bonds. The van der Waals surface area contributed by atoms with Crippen LogP contribution < -0.4 is 5.46 Å². The highest BCUT2D eigenvalue weighted by Crippen LogP contribution is 2.19. The quantitative estimate of drug-likeness (QED) is 0.570. The van der Waals surface area contributed by atoms with Crippen LogP contribution in [-0.4, -0.2) is 17.2 Å². The van der Waals surface area contributed by atoms with Gasteiger partial charge in [0.1, 0.15) is 11.6 Å². The predicted octanol–water partition coefficient (Wildman–Crippen LogP) is 0.716. The van der Waals surface area contributed by atoms with Gasteiger partial charge in [-0.1, -0.05) is 0 Å². The minimum absolute atomic E-state index is 0.00880. The fraction of sp³-hybridized carbons (Fsp3) is 0.143. The molecule has 1 aromatic carbocycles. The zero-order valence-electron chi connectivity index (χ0n) is 6.68. The highest BCUT2D eigenvalue weighted by atomic mass is 79.9. The van der Waals surface area contributed by atoms with Gasteiger partial charge >= 0.3 is 7.12 Å². The molecule has 0 heterocycles. The van der Waals surface area contributed by atoms with Crippen molar-refractivity contribution >= 4 is 28.5 Å². The first-order chi connectivity index (χ1) is 5.95. The third-order valence-electron chi connectivity index (χ3n) is 1.68. The van der Waals surface area contributed by atoms with Crippen LogP contribution in [0.1, 0.15) is 5.56 Å². The van der Waals surface area contributed by atoms with Crippen LogP contribution in [0.3, 0.4) is 0 Å². The van der Waals surface area contributed by atoms with E-state index in [1.165, 1.54) is 6.92 Å². The van der Waals surface area contributed by atoms with Crippen LogP contribution in [0.2, 0.25) is 0 Å². The molecule has 1 aromatic rings. The smallest absolute Gasteiger partial charge is 0.423 e. The molecular weight excluding hydrogens is 245 g/mol. The first-order valence-electron chi connectivity index (χ1n) is 3.45. The van der Waals surface area contributed by atoms with Gasteiger partial charge in [0.05, 0.1) is 4.47 Å². The molecule has 0 radical (unpaired) electrons. The van der Waals surface area contributed by atoms with Crippen LogP contribution in [0.15, 0.2) is 10.5 Å². The molecule has 0 saturated carbocycles. The second kappa shape index (κ2) is 3.73. The van der Waals surface area contributed by atoms with Crippen LogP contribution in [0, 0.1) is 18.6 Å². The Kier molecular flexibility index (Phi) is 3.05. The maximum Gasteiger partial charge on any atom is 0.491 e. The van der Waals surface area contributed by atoms with E-state index in [0.29, 0.717) is 0 Å². The van der Waals surface area contributed by atoms with Crippen molar-refractivity contribution in [2.24, 2.45) is 0 Å². The van der Waals surface area contributed by atoms with E-state index in [-0.39, 0.29) is 15.5 Å². The van der Waals surface area contributed by atoms with Gasteiger partial charge in [0.25, 0.3) is 0 Å². The summed E-state index contributed by atoms with van der Waals surface area (Å²) in [6.07, 6.45) is 0. The molecule has 13 heavy (non-hydrogen) atoms. The summed E-state index contributed by atoms with van der Waals surface area (Å²) in [5.74, 6) is -1.67. The Morgan fingerprint density at radius 2 is 1.85 bits per heavy atom. The van der Waals surface area contributed by atoms with Crippen molar-refractivity contribution in [1.82, 2.24) is 0 Å². The third kappa shape index (κ3) is 1.90. The lowest BCUT2D eigenvalue weighted by Gasteiger charge is -2.07. The second-order valence-corrected chi connectivity index (χ2v) is 3.43.